The zero-order valence-electron chi connectivity index (χ0n) is 9.60. The summed E-state index contributed by atoms with van der Waals surface area (Å²) < 4.78 is 4.87. The van der Waals surface area contributed by atoms with Crippen molar-refractivity contribution in [1.29, 1.82) is 0 Å². The second kappa shape index (κ2) is 4.73. The standard InChI is InChI=1S/C12H14N2O2/c1-12(2,3)9-4-6-10(7-5-9)16-11(15)8-14-13/h4-8H,1-3H3. The lowest BCUT2D eigenvalue weighted by Crippen LogP contribution is -2.12. The molecule has 0 unspecified atom stereocenters. The molecule has 0 bridgehead atoms. The second-order valence-electron chi connectivity index (χ2n) is 4.44. The molecule has 0 atom stereocenters. The van der Waals surface area contributed by atoms with Crippen molar-refractivity contribution in [3.05, 3.63) is 35.4 Å². The quantitative estimate of drug-likeness (QED) is 0.251. The largest absolute Gasteiger partial charge is 0.419 e. The molecule has 0 amide bonds. The Morgan fingerprint density at radius 1 is 1.31 bits per heavy atom. The van der Waals surface area contributed by atoms with E-state index in [1.165, 1.54) is 0 Å². The molecule has 84 valence electrons. The van der Waals surface area contributed by atoms with Crippen LogP contribution in [0.25, 0.3) is 5.53 Å². The van der Waals surface area contributed by atoms with Crippen LogP contribution in [0.3, 0.4) is 0 Å². The number of rotatable bonds is 2. The fourth-order valence-corrected chi connectivity index (χ4v) is 1.21. The fraction of sp³-hybridized carbons (Fsp3) is 0.333. The molecule has 0 aliphatic rings. The number of carbonyl (C=O) groups is 1. The van der Waals surface area contributed by atoms with Crippen LogP contribution in [-0.2, 0) is 10.2 Å². The summed E-state index contributed by atoms with van der Waals surface area (Å²) in [5.41, 5.74) is 9.35. The highest BCUT2D eigenvalue weighted by Crippen LogP contribution is 2.24. The molecule has 0 N–H and O–H groups in total. The summed E-state index contributed by atoms with van der Waals surface area (Å²) in [6.07, 6.45) is 0.706. The van der Waals surface area contributed by atoms with Gasteiger partial charge in [-0.2, -0.15) is 4.79 Å². The van der Waals surface area contributed by atoms with Gasteiger partial charge in [0.25, 0.3) is 0 Å². The predicted molar refractivity (Wildman–Crippen MR) is 60.5 cm³/mol. The lowest BCUT2D eigenvalue weighted by atomic mass is 9.87. The number of nitrogens with zero attached hydrogens (tertiary/aromatic N) is 2. The van der Waals surface area contributed by atoms with Crippen LogP contribution in [0.4, 0.5) is 0 Å². The molecule has 16 heavy (non-hydrogen) atoms. The SMILES string of the molecule is CC(C)(C)c1ccc(OC(=O)C=[N+]=[N-])cc1. The minimum Gasteiger partial charge on any atom is -0.418 e. The zero-order chi connectivity index (χ0) is 12.2. The van der Waals surface area contributed by atoms with E-state index in [-0.39, 0.29) is 5.41 Å². The predicted octanol–water partition coefficient (Wildman–Crippen LogP) is 2.19. The lowest BCUT2D eigenvalue weighted by Gasteiger charge is -2.18. The Morgan fingerprint density at radius 3 is 2.31 bits per heavy atom. The molecule has 0 heterocycles. The van der Waals surface area contributed by atoms with Gasteiger partial charge in [0.2, 0.25) is 0 Å². The smallest absolute Gasteiger partial charge is 0.418 e. The normalized spacial score (nSPS) is 10.4. The van der Waals surface area contributed by atoms with Crippen molar-refractivity contribution in [3.63, 3.8) is 0 Å². The molecule has 1 aromatic carbocycles. The average molecular weight is 218 g/mol. The van der Waals surface area contributed by atoms with Crippen molar-refractivity contribution in [1.82, 2.24) is 0 Å². The Morgan fingerprint density at radius 2 is 1.88 bits per heavy atom. The first kappa shape index (κ1) is 12.1. The van der Waals surface area contributed by atoms with Gasteiger partial charge in [-0.25, -0.2) is 4.79 Å². The molecule has 0 aliphatic carbocycles. The molecule has 0 saturated heterocycles. The molecule has 4 heteroatoms. The monoisotopic (exact) mass is 218 g/mol. The minimum atomic E-state index is -0.703. The molecular formula is C12H14N2O2. The molecular weight excluding hydrogens is 204 g/mol. The molecule has 1 aromatic rings. The minimum absolute atomic E-state index is 0.0646. The van der Waals surface area contributed by atoms with Crippen molar-refractivity contribution in [2.75, 3.05) is 0 Å². The highest BCUT2D eigenvalue weighted by atomic mass is 16.5. The summed E-state index contributed by atoms with van der Waals surface area (Å²) in [6.45, 7) is 6.31. The van der Waals surface area contributed by atoms with Crippen LogP contribution in [0.1, 0.15) is 26.3 Å². The van der Waals surface area contributed by atoms with E-state index in [1.807, 2.05) is 12.1 Å². The first-order valence-corrected chi connectivity index (χ1v) is 4.93. The van der Waals surface area contributed by atoms with E-state index < -0.39 is 5.97 Å². The number of esters is 1. The number of hydrogen-bond donors (Lipinski definition) is 0. The lowest BCUT2D eigenvalue weighted by molar-refractivity contribution is -0.130. The van der Waals surface area contributed by atoms with Crippen molar-refractivity contribution in [2.24, 2.45) is 0 Å². The van der Waals surface area contributed by atoms with Crippen LogP contribution in [0.15, 0.2) is 24.3 Å². The van der Waals surface area contributed by atoms with Crippen molar-refractivity contribution >= 4 is 12.2 Å². The Kier molecular flexibility index (Phi) is 3.59. The van der Waals surface area contributed by atoms with Crippen LogP contribution in [0.2, 0.25) is 0 Å². The van der Waals surface area contributed by atoms with Gasteiger partial charge in [-0.05, 0) is 23.1 Å². The van der Waals surface area contributed by atoms with Crippen molar-refractivity contribution < 1.29 is 14.3 Å². The fourth-order valence-electron chi connectivity index (χ4n) is 1.21. The van der Waals surface area contributed by atoms with Gasteiger partial charge in [0.05, 0.1) is 0 Å². The first-order valence-electron chi connectivity index (χ1n) is 4.93. The third-order valence-corrected chi connectivity index (χ3v) is 2.10. The molecule has 0 aromatic heterocycles. The summed E-state index contributed by atoms with van der Waals surface area (Å²) >= 11 is 0. The van der Waals surface area contributed by atoms with Gasteiger partial charge in [-0.3, -0.25) is 0 Å². The molecule has 0 radical (unpaired) electrons. The number of benzene rings is 1. The molecule has 0 fully saturated rings. The second-order valence-corrected chi connectivity index (χ2v) is 4.44. The average Bonchev–Trinajstić information content (AvgIpc) is 2.17. The van der Waals surface area contributed by atoms with E-state index in [4.69, 9.17) is 10.3 Å². The van der Waals surface area contributed by atoms with Gasteiger partial charge in [-0.15, -0.1) is 0 Å². The zero-order valence-corrected chi connectivity index (χ0v) is 9.60. The summed E-state index contributed by atoms with van der Waals surface area (Å²) in [7, 11) is 0. The maximum Gasteiger partial charge on any atom is 0.419 e. The maximum absolute atomic E-state index is 11.0. The van der Waals surface area contributed by atoms with Crippen LogP contribution < -0.4 is 4.74 Å². The van der Waals surface area contributed by atoms with E-state index in [0.29, 0.717) is 12.0 Å². The summed E-state index contributed by atoms with van der Waals surface area (Å²) in [5.74, 6) is -0.274. The van der Waals surface area contributed by atoms with E-state index in [9.17, 15) is 4.79 Å². The van der Waals surface area contributed by atoms with Crippen LogP contribution in [0, 0.1) is 0 Å². The molecule has 0 spiro atoms. The van der Waals surface area contributed by atoms with E-state index >= 15 is 0 Å². The summed E-state index contributed by atoms with van der Waals surface area (Å²) in [5, 5.41) is 0. The number of ether oxygens (including phenoxy) is 1. The van der Waals surface area contributed by atoms with Crippen molar-refractivity contribution in [3.8, 4) is 5.75 Å². The number of hydrogen-bond acceptors (Lipinski definition) is 2. The number of carbonyl (C=O) groups excluding carboxylic acids is 1. The van der Waals surface area contributed by atoms with Crippen molar-refractivity contribution in [2.45, 2.75) is 26.2 Å². The first-order chi connectivity index (χ1) is 7.43. The van der Waals surface area contributed by atoms with Gasteiger partial charge < -0.3 is 10.3 Å². The topological polar surface area (TPSA) is 62.7 Å². The van der Waals surface area contributed by atoms with Crippen LogP contribution in [-0.4, -0.2) is 17.0 Å². The highest BCUT2D eigenvalue weighted by Gasteiger charge is 2.13. The Hall–Kier alpha value is -1.93. The van der Waals surface area contributed by atoms with Crippen LogP contribution >= 0.6 is 0 Å². The van der Waals surface area contributed by atoms with E-state index in [2.05, 4.69) is 25.6 Å². The van der Waals surface area contributed by atoms with E-state index in [0.717, 1.165) is 5.56 Å². The Labute approximate surface area is 94.5 Å². The third kappa shape index (κ3) is 3.33. The van der Waals surface area contributed by atoms with Gasteiger partial charge in [-0.1, -0.05) is 32.9 Å². The summed E-state index contributed by atoms with van der Waals surface area (Å²) in [4.78, 5) is 13.6. The summed E-state index contributed by atoms with van der Waals surface area (Å²) in [6, 6.07) is 7.23. The Bertz CT molecular complexity index is 423. The van der Waals surface area contributed by atoms with Gasteiger partial charge in [0, 0.05) is 0 Å². The molecule has 1 rings (SSSR count). The molecule has 0 aliphatic heterocycles. The van der Waals surface area contributed by atoms with Gasteiger partial charge >= 0.3 is 12.2 Å². The molecule has 4 nitrogen and oxygen atoms in total. The Balaban J connectivity index is 2.80. The van der Waals surface area contributed by atoms with Gasteiger partial charge in [0.1, 0.15) is 5.75 Å². The third-order valence-electron chi connectivity index (χ3n) is 2.10. The maximum atomic E-state index is 11.0. The highest BCUT2D eigenvalue weighted by molar-refractivity contribution is 6.21. The van der Waals surface area contributed by atoms with E-state index in [1.54, 1.807) is 12.1 Å². The molecule has 0 saturated carbocycles. The van der Waals surface area contributed by atoms with Crippen LogP contribution in [0.5, 0.6) is 5.75 Å². The van der Waals surface area contributed by atoms with Gasteiger partial charge in [0.15, 0.2) is 0 Å².